The lowest BCUT2D eigenvalue weighted by Crippen LogP contribution is -1.86. The van der Waals surface area contributed by atoms with Gasteiger partial charge in [-0.3, -0.25) is 0 Å². The Balaban J connectivity index is 2.16. The summed E-state index contributed by atoms with van der Waals surface area (Å²) >= 11 is 5.42. The van der Waals surface area contributed by atoms with Crippen LogP contribution in [0, 0.1) is 0 Å². The van der Waals surface area contributed by atoms with Crippen LogP contribution in [-0.4, -0.2) is 0 Å². The third-order valence-electron chi connectivity index (χ3n) is 2.41. The van der Waals surface area contributed by atoms with Crippen molar-refractivity contribution in [2.75, 3.05) is 0 Å². The smallest absolute Gasteiger partial charge is 0.0605 e. The van der Waals surface area contributed by atoms with Crippen LogP contribution in [0.15, 0.2) is 39.7 Å². The molecule has 1 atom stereocenters. The van der Waals surface area contributed by atoms with Gasteiger partial charge in [-0.05, 0) is 44.8 Å². The third kappa shape index (κ3) is 1.12. The zero-order chi connectivity index (χ0) is 8.84. The molecule has 13 heavy (non-hydrogen) atoms. The molecule has 1 aliphatic carbocycles. The molecule has 0 fully saturated rings. The fraction of sp³-hybridized carbons (Fsp3) is 0.0909. The minimum atomic E-state index is 0.547. The molecule has 0 saturated heterocycles. The van der Waals surface area contributed by atoms with E-state index in [1.807, 2.05) is 11.8 Å². The number of rotatable bonds is 0. The monoisotopic (exact) mass is 250 g/mol. The average molecular weight is 251 g/mol. The number of fused-ring (bicyclic) bond motifs is 3. The first kappa shape index (κ1) is 7.89. The Morgan fingerprint density at radius 2 is 2.00 bits per heavy atom. The summed E-state index contributed by atoms with van der Waals surface area (Å²) < 4.78 is 1.25. The highest BCUT2D eigenvalue weighted by atomic mass is 79.9. The molecule has 0 aromatic heterocycles. The van der Waals surface area contributed by atoms with Gasteiger partial charge in [0.2, 0.25) is 0 Å². The Bertz CT molecular complexity index is 431. The van der Waals surface area contributed by atoms with Crippen molar-refractivity contribution < 1.29 is 0 Å². The molecule has 0 amide bonds. The zero-order valence-corrected chi connectivity index (χ0v) is 9.23. The predicted molar refractivity (Wildman–Crippen MR) is 61.8 cm³/mol. The summed E-state index contributed by atoms with van der Waals surface area (Å²) in [6, 6.07) is 8.61. The van der Waals surface area contributed by atoms with E-state index in [0.29, 0.717) is 5.25 Å². The molecule has 1 aliphatic heterocycles. The fourth-order valence-electron chi connectivity index (χ4n) is 1.84. The Morgan fingerprint density at radius 1 is 1.15 bits per heavy atom. The van der Waals surface area contributed by atoms with E-state index in [0.717, 1.165) is 0 Å². The summed E-state index contributed by atoms with van der Waals surface area (Å²) in [6.45, 7) is 0. The van der Waals surface area contributed by atoms with Crippen molar-refractivity contribution in [3.8, 4) is 0 Å². The van der Waals surface area contributed by atoms with Crippen molar-refractivity contribution in [3.05, 3.63) is 50.9 Å². The first-order valence-electron chi connectivity index (χ1n) is 4.19. The summed E-state index contributed by atoms with van der Waals surface area (Å²) in [6.07, 6.45) is 4.50. The molecule has 0 spiro atoms. The average Bonchev–Trinajstić information content (AvgIpc) is 2.60. The number of halogens is 1. The van der Waals surface area contributed by atoms with Crippen LogP contribution in [0.25, 0.3) is 6.08 Å². The standard InChI is InChI=1S/C11H7BrS/c12-10-6-8-5-7-3-1-2-4-9(7)11(8)13-10/h1-6,11H. The maximum Gasteiger partial charge on any atom is 0.0605 e. The quantitative estimate of drug-likeness (QED) is 0.668. The van der Waals surface area contributed by atoms with Crippen LogP contribution < -0.4 is 0 Å². The first-order chi connectivity index (χ1) is 6.34. The molecule has 0 bridgehead atoms. The summed E-state index contributed by atoms with van der Waals surface area (Å²) in [5.74, 6) is 0. The molecule has 0 radical (unpaired) electrons. The molecule has 64 valence electrons. The summed E-state index contributed by atoms with van der Waals surface area (Å²) in [5.41, 5.74) is 4.26. The van der Waals surface area contributed by atoms with E-state index in [9.17, 15) is 0 Å². The molecule has 1 unspecified atom stereocenters. The second-order valence-electron chi connectivity index (χ2n) is 3.22. The van der Waals surface area contributed by atoms with Crippen molar-refractivity contribution >= 4 is 33.8 Å². The van der Waals surface area contributed by atoms with Crippen LogP contribution in [0.5, 0.6) is 0 Å². The molecule has 0 saturated carbocycles. The van der Waals surface area contributed by atoms with Crippen molar-refractivity contribution in [3.63, 3.8) is 0 Å². The van der Waals surface area contributed by atoms with Gasteiger partial charge in [0.15, 0.2) is 0 Å². The highest BCUT2D eigenvalue weighted by Gasteiger charge is 2.29. The van der Waals surface area contributed by atoms with Gasteiger partial charge in [-0.1, -0.05) is 24.3 Å². The first-order valence-corrected chi connectivity index (χ1v) is 5.86. The SMILES string of the molecule is BrC1=CC2=Cc3ccccc3C2S1. The van der Waals surface area contributed by atoms with E-state index in [1.165, 1.54) is 20.5 Å². The lowest BCUT2D eigenvalue weighted by molar-refractivity contribution is 1.23. The molecule has 1 aromatic rings. The van der Waals surface area contributed by atoms with Crippen molar-refractivity contribution in [2.45, 2.75) is 5.25 Å². The number of hydrogen-bond donors (Lipinski definition) is 0. The second kappa shape index (κ2) is 2.76. The summed E-state index contributed by atoms with van der Waals surface area (Å²) in [4.78, 5) is 0. The normalized spacial score (nSPS) is 23.6. The maximum absolute atomic E-state index is 3.53. The van der Waals surface area contributed by atoms with Crippen LogP contribution in [0.2, 0.25) is 0 Å². The van der Waals surface area contributed by atoms with E-state index >= 15 is 0 Å². The van der Waals surface area contributed by atoms with E-state index in [1.54, 1.807) is 0 Å². The number of thioether (sulfide) groups is 1. The molecule has 1 heterocycles. The highest BCUT2D eigenvalue weighted by molar-refractivity contribution is 9.14. The van der Waals surface area contributed by atoms with Crippen LogP contribution >= 0.6 is 27.7 Å². The minimum Gasteiger partial charge on any atom is -0.106 e. The topological polar surface area (TPSA) is 0 Å². The van der Waals surface area contributed by atoms with E-state index < -0.39 is 0 Å². The van der Waals surface area contributed by atoms with Gasteiger partial charge in [0, 0.05) is 0 Å². The third-order valence-corrected chi connectivity index (χ3v) is 4.31. The molecular weight excluding hydrogens is 244 g/mol. The van der Waals surface area contributed by atoms with Gasteiger partial charge >= 0.3 is 0 Å². The second-order valence-corrected chi connectivity index (χ2v) is 5.75. The largest absolute Gasteiger partial charge is 0.106 e. The summed E-state index contributed by atoms with van der Waals surface area (Å²) in [5, 5.41) is 0.547. The Labute approximate surface area is 89.9 Å². The van der Waals surface area contributed by atoms with Crippen LogP contribution in [-0.2, 0) is 0 Å². The van der Waals surface area contributed by atoms with Gasteiger partial charge < -0.3 is 0 Å². The van der Waals surface area contributed by atoms with Crippen molar-refractivity contribution in [1.82, 2.24) is 0 Å². The minimum absolute atomic E-state index is 0.547. The van der Waals surface area contributed by atoms with Crippen LogP contribution in [0.1, 0.15) is 16.4 Å². The van der Waals surface area contributed by atoms with E-state index in [2.05, 4.69) is 52.3 Å². The zero-order valence-electron chi connectivity index (χ0n) is 6.83. The van der Waals surface area contributed by atoms with Gasteiger partial charge in [-0.25, -0.2) is 0 Å². The Kier molecular flexibility index (Phi) is 1.67. The van der Waals surface area contributed by atoms with Crippen molar-refractivity contribution in [1.29, 1.82) is 0 Å². The molecule has 2 heteroatoms. The lowest BCUT2D eigenvalue weighted by Gasteiger charge is -2.06. The van der Waals surface area contributed by atoms with Gasteiger partial charge in [-0.15, -0.1) is 11.8 Å². The Hall–Kier alpha value is -0.470. The van der Waals surface area contributed by atoms with Gasteiger partial charge in [0.25, 0.3) is 0 Å². The fourth-order valence-corrected chi connectivity index (χ4v) is 3.71. The van der Waals surface area contributed by atoms with Gasteiger partial charge in [0.05, 0.1) is 9.06 Å². The molecule has 0 N–H and O–H groups in total. The van der Waals surface area contributed by atoms with Crippen molar-refractivity contribution in [2.24, 2.45) is 0 Å². The van der Waals surface area contributed by atoms with Gasteiger partial charge in [0.1, 0.15) is 0 Å². The Morgan fingerprint density at radius 3 is 2.92 bits per heavy atom. The number of allylic oxidation sites excluding steroid dienone is 1. The molecule has 3 rings (SSSR count). The lowest BCUT2D eigenvalue weighted by atomic mass is 10.1. The molecule has 2 aliphatic rings. The molecular formula is C11H7BrS. The van der Waals surface area contributed by atoms with Crippen LogP contribution in [0.4, 0.5) is 0 Å². The highest BCUT2D eigenvalue weighted by Crippen LogP contribution is 2.54. The summed E-state index contributed by atoms with van der Waals surface area (Å²) in [7, 11) is 0. The number of benzene rings is 1. The maximum atomic E-state index is 3.53. The van der Waals surface area contributed by atoms with E-state index in [4.69, 9.17) is 0 Å². The van der Waals surface area contributed by atoms with E-state index in [-0.39, 0.29) is 0 Å². The van der Waals surface area contributed by atoms with Crippen LogP contribution in [0.3, 0.4) is 0 Å². The molecule has 1 aromatic carbocycles. The van der Waals surface area contributed by atoms with Gasteiger partial charge in [-0.2, -0.15) is 0 Å². The number of hydrogen-bond acceptors (Lipinski definition) is 1. The predicted octanol–water partition coefficient (Wildman–Crippen LogP) is 4.11. The molecule has 0 nitrogen and oxygen atoms in total.